The van der Waals surface area contributed by atoms with Gasteiger partial charge in [-0.1, -0.05) is 47.6 Å². The first-order valence-electron chi connectivity index (χ1n) is 8.76. The number of hydrogen-bond donors (Lipinski definition) is 1. The number of benzene rings is 2. The van der Waals surface area contributed by atoms with Crippen molar-refractivity contribution in [3.05, 3.63) is 71.4 Å². The van der Waals surface area contributed by atoms with E-state index in [2.05, 4.69) is 22.6 Å². The quantitative estimate of drug-likeness (QED) is 0.765. The van der Waals surface area contributed by atoms with Gasteiger partial charge in [-0.2, -0.15) is 0 Å². The van der Waals surface area contributed by atoms with Gasteiger partial charge in [-0.15, -0.1) is 0 Å². The molecule has 5 nitrogen and oxygen atoms in total. The first-order chi connectivity index (χ1) is 12.7. The summed E-state index contributed by atoms with van der Waals surface area (Å²) in [7, 11) is 0. The third-order valence-electron chi connectivity index (χ3n) is 4.47. The second-order valence-electron chi connectivity index (χ2n) is 6.56. The Kier molecular flexibility index (Phi) is 4.44. The number of aromatic nitrogens is 1. The van der Waals surface area contributed by atoms with Crippen molar-refractivity contribution in [2.75, 3.05) is 6.61 Å². The second-order valence-corrected chi connectivity index (χ2v) is 6.56. The molecule has 1 aliphatic rings. The van der Waals surface area contributed by atoms with Crippen LogP contribution in [0.15, 0.2) is 59.1 Å². The Morgan fingerprint density at radius 1 is 1.19 bits per heavy atom. The van der Waals surface area contributed by atoms with Crippen molar-refractivity contribution >= 4 is 5.91 Å². The van der Waals surface area contributed by atoms with Gasteiger partial charge < -0.3 is 14.6 Å². The molecule has 1 aromatic heterocycles. The van der Waals surface area contributed by atoms with E-state index < -0.39 is 0 Å². The standard InChI is InChI=1S/C21H20N2O3/c1-14(11-15-7-8-19-17(12-15)9-10-25-19)22-21(24)18-13-20(26-23-18)16-5-3-2-4-6-16/h2-8,12-14H,9-11H2,1H3,(H,22,24)/t14-/m0/s1. The Balaban J connectivity index is 1.39. The lowest BCUT2D eigenvalue weighted by molar-refractivity contribution is 0.0931. The fraction of sp³-hybridized carbons (Fsp3) is 0.238. The molecular weight excluding hydrogens is 328 g/mol. The van der Waals surface area contributed by atoms with Crippen molar-refractivity contribution in [2.24, 2.45) is 0 Å². The summed E-state index contributed by atoms with van der Waals surface area (Å²) in [4.78, 5) is 12.4. The number of amides is 1. The Hall–Kier alpha value is -3.08. The third kappa shape index (κ3) is 3.47. The van der Waals surface area contributed by atoms with E-state index in [1.165, 1.54) is 11.1 Å². The minimum Gasteiger partial charge on any atom is -0.493 e. The Labute approximate surface area is 152 Å². The molecule has 0 saturated heterocycles. The van der Waals surface area contributed by atoms with Crippen molar-refractivity contribution in [3.63, 3.8) is 0 Å². The topological polar surface area (TPSA) is 64.4 Å². The SMILES string of the molecule is C[C@@H](Cc1ccc2c(c1)CCO2)NC(=O)c1cc(-c2ccccc2)on1. The van der Waals surface area contributed by atoms with E-state index in [0.29, 0.717) is 5.76 Å². The van der Waals surface area contributed by atoms with Gasteiger partial charge in [-0.25, -0.2) is 0 Å². The van der Waals surface area contributed by atoms with E-state index in [1.807, 2.05) is 43.3 Å². The summed E-state index contributed by atoms with van der Waals surface area (Å²) in [5, 5.41) is 6.88. The minimum atomic E-state index is -0.229. The van der Waals surface area contributed by atoms with Gasteiger partial charge >= 0.3 is 0 Å². The normalized spacial score (nSPS) is 13.7. The maximum atomic E-state index is 12.4. The zero-order valence-electron chi connectivity index (χ0n) is 14.6. The zero-order valence-corrected chi connectivity index (χ0v) is 14.6. The molecule has 0 saturated carbocycles. The summed E-state index contributed by atoms with van der Waals surface area (Å²) in [5.74, 6) is 1.33. The molecule has 5 heteroatoms. The molecule has 0 spiro atoms. The van der Waals surface area contributed by atoms with Gasteiger partial charge in [0.05, 0.1) is 6.61 Å². The van der Waals surface area contributed by atoms with E-state index in [-0.39, 0.29) is 17.6 Å². The molecule has 132 valence electrons. The molecule has 2 aromatic carbocycles. The number of carbonyl (C=O) groups excluding carboxylic acids is 1. The highest BCUT2D eigenvalue weighted by atomic mass is 16.5. The average Bonchev–Trinajstić information content (AvgIpc) is 3.31. The molecule has 0 aliphatic carbocycles. The minimum absolute atomic E-state index is 0.0141. The van der Waals surface area contributed by atoms with E-state index in [0.717, 1.165) is 30.8 Å². The molecule has 0 unspecified atom stereocenters. The highest BCUT2D eigenvalue weighted by Gasteiger charge is 2.17. The van der Waals surface area contributed by atoms with Gasteiger partial charge in [0.1, 0.15) is 5.75 Å². The average molecular weight is 348 g/mol. The smallest absolute Gasteiger partial charge is 0.273 e. The van der Waals surface area contributed by atoms with Gasteiger partial charge in [0.15, 0.2) is 11.5 Å². The van der Waals surface area contributed by atoms with E-state index >= 15 is 0 Å². The summed E-state index contributed by atoms with van der Waals surface area (Å²) in [6, 6.07) is 17.5. The lowest BCUT2D eigenvalue weighted by atomic mass is 10.0. The molecule has 26 heavy (non-hydrogen) atoms. The number of nitrogens with one attached hydrogen (secondary N) is 1. The number of hydrogen-bond acceptors (Lipinski definition) is 4. The van der Waals surface area contributed by atoms with Crippen molar-refractivity contribution in [1.82, 2.24) is 10.5 Å². The maximum Gasteiger partial charge on any atom is 0.273 e. The largest absolute Gasteiger partial charge is 0.493 e. The Bertz CT molecular complexity index is 918. The molecule has 1 amide bonds. The van der Waals surface area contributed by atoms with Crippen LogP contribution in [0.3, 0.4) is 0 Å². The van der Waals surface area contributed by atoms with Crippen LogP contribution in [0.25, 0.3) is 11.3 Å². The van der Waals surface area contributed by atoms with Gasteiger partial charge in [0.2, 0.25) is 0 Å². The molecule has 1 aliphatic heterocycles. The van der Waals surface area contributed by atoms with Crippen LogP contribution >= 0.6 is 0 Å². The second kappa shape index (κ2) is 7.04. The first kappa shape index (κ1) is 16.4. The molecule has 4 rings (SSSR count). The zero-order chi connectivity index (χ0) is 17.9. The van der Waals surface area contributed by atoms with Crippen LogP contribution in [-0.4, -0.2) is 23.7 Å². The van der Waals surface area contributed by atoms with Crippen molar-refractivity contribution in [3.8, 4) is 17.1 Å². The predicted octanol–water partition coefficient (Wildman–Crippen LogP) is 3.64. The van der Waals surface area contributed by atoms with Crippen molar-refractivity contribution < 1.29 is 14.1 Å². The molecular formula is C21H20N2O3. The number of rotatable bonds is 5. The van der Waals surface area contributed by atoms with Crippen LogP contribution in [0.2, 0.25) is 0 Å². The highest BCUT2D eigenvalue weighted by molar-refractivity contribution is 5.93. The van der Waals surface area contributed by atoms with E-state index in [1.54, 1.807) is 6.07 Å². The summed E-state index contributed by atoms with van der Waals surface area (Å²) < 4.78 is 10.8. The first-order valence-corrected chi connectivity index (χ1v) is 8.76. The Morgan fingerprint density at radius 2 is 2.04 bits per heavy atom. The molecule has 3 aromatic rings. The molecule has 0 fully saturated rings. The third-order valence-corrected chi connectivity index (χ3v) is 4.47. The van der Waals surface area contributed by atoms with Crippen LogP contribution in [0.4, 0.5) is 0 Å². The number of nitrogens with zero attached hydrogens (tertiary/aromatic N) is 1. The van der Waals surface area contributed by atoms with Crippen LogP contribution in [0, 0.1) is 0 Å². The van der Waals surface area contributed by atoms with Gasteiger partial charge in [-0.3, -0.25) is 4.79 Å². The number of ether oxygens (including phenoxy) is 1. The maximum absolute atomic E-state index is 12.4. The van der Waals surface area contributed by atoms with Crippen LogP contribution in [-0.2, 0) is 12.8 Å². The fourth-order valence-electron chi connectivity index (χ4n) is 3.19. The fourth-order valence-corrected chi connectivity index (χ4v) is 3.19. The lowest BCUT2D eigenvalue weighted by Crippen LogP contribution is -2.34. The highest BCUT2D eigenvalue weighted by Crippen LogP contribution is 2.26. The molecule has 1 N–H and O–H groups in total. The summed E-state index contributed by atoms with van der Waals surface area (Å²) in [5.41, 5.74) is 3.61. The van der Waals surface area contributed by atoms with E-state index in [4.69, 9.17) is 9.26 Å². The molecule has 2 heterocycles. The van der Waals surface area contributed by atoms with Crippen LogP contribution in [0.1, 0.15) is 28.5 Å². The van der Waals surface area contributed by atoms with Crippen LogP contribution in [0.5, 0.6) is 5.75 Å². The lowest BCUT2D eigenvalue weighted by Gasteiger charge is -2.13. The molecule has 0 bridgehead atoms. The van der Waals surface area contributed by atoms with Crippen molar-refractivity contribution in [2.45, 2.75) is 25.8 Å². The summed E-state index contributed by atoms with van der Waals surface area (Å²) in [6.45, 7) is 2.74. The van der Waals surface area contributed by atoms with Gasteiger partial charge in [0, 0.05) is 24.1 Å². The Morgan fingerprint density at radius 3 is 2.88 bits per heavy atom. The summed E-state index contributed by atoms with van der Waals surface area (Å²) >= 11 is 0. The van der Waals surface area contributed by atoms with Gasteiger partial charge in [-0.05, 0) is 30.5 Å². The number of fused-ring (bicyclic) bond motifs is 1. The number of carbonyl (C=O) groups is 1. The molecule has 1 atom stereocenters. The molecule has 0 radical (unpaired) electrons. The summed E-state index contributed by atoms with van der Waals surface area (Å²) in [6.07, 6.45) is 1.70. The van der Waals surface area contributed by atoms with E-state index in [9.17, 15) is 4.79 Å². The van der Waals surface area contributed by atoms with Crippen molar-refractivity contribution in [1.29, 1.82) is 0 Å². The monoisotopic (exact) mass is 348 g/mol. The predicted molar refractivity (Wildman–Crippen MR) is 98.2 cm³/mol. The van der Waals surface area contributed by atoms with Crippen LogP contribution < -0.4 is 10.1 Å². The van der Waals surface area contributed by atoms with Gasteiger partial charge in [0.25, 0.3) is 5.91 Å².